The Kier molecular flexibility index (Phi) is 51.5. The number of guanidine groups is 3. The number of para-hydroxylation sites is 13. The molecule has 15 heteroatoms. The molecule has 0 aliphatic rings. The van der Waals surface area contributed by atoms with Gasteiger partial charge in [-0.2, -0.15) is 0 Å². The number of aromatic nitrogens is 2. The van der Waals surface area contributed by atoms with Gasteiger partial charge < -0.3 is 105 Å². The zero-order valence-corrected chi connectivity index (χ0v) is 88.7. The molecule has 131 heavy (non-hydrogen) atoms. The average Bonchev–Trinajstić information content (AvgIpc) is 1.46. The zero-order chi connectivity index (χ0) is 87.8. The minimum atomic E-state index is 0. The first-order valence-electron chi connectivity index (χ1n) is 43.0. The van der Waals surface area contributed by atoms with Gasteiger partial charge in [0.25, 0.3) is 0 Å². The molecular formula is C116H142N12Ti2Zr. The fraction of sp³-hybridized carbons (Fsp3) is 0.250. The van der Waals surface area contributed by atoms with E-state index in [1.165, 1.54) is 66.1 Å². The zero-order valence-electron chi connectivity index (χ0n) is 83.1. The third kappa shape index (κ3) is 29.7. The van der Waals surface area contributed by atoms with E-state index in [4.69, 9.17) is 0 Å². The van der Waals surface area contributed by atoms with Crippen molar-refractivity contribution in [2.45, 2.75) is 158 Å². The van der Waals surface area contributed by atoms with Crippen LogP contribution in [0.5, 0.6) is 0 Å². The Morgan fingerprint density at radius 1 is 0.237 bits per heavy atom. The summed E-state index contributed by atoms with van der Waals surface area (Å²) in [6.45, 7) is 35.3. The van der Waals surface area contributed by atoms with Crippen LogP contribution in [-0.2, 0) is 69.6 Å². The number of hydrogen-bond acceptors (Lipinski definition) is 0. The van der Waals surface area contributed by atoms with Gasteiger partial charge in [0.05, 0.1) is 0 Å². The SMILES string of the molecule is CC(C)c1cccc(C(C)C)c1N(C(=[N-])N(C)c1ccccc1)c1ccccc1.CC(C)c1cccc(C(C)C)c1N(C(=[N-])N(c1ccccc1)c1c(C(C)C)cccc1C(C)C)c1ccccc1.CC(C)c1cccc(C(C)C)c1N(C)C(=[N-])N(C)C.C[N-]c1ccccc1.[CH3-].[CH3-].[CH3-].[CH3-].[CH3-].[CH3-].[Ti+4].[Ti+4].[Zr+4].c1ccc2c(c1)[n-]c1ccccc12.c1ccc2c(c1)[n-]c1ccccc12. The van der Waals surface area contributed by atoms with Gasteiger partial charge in [0, 0.05) is 17.9 Å². The molecule has 0 atom stereocenters. The number of fused-ring (bicyclic) bond motifs is 6. The standard InChI is InChI=1S/C37H44N3.C26H30N3.C16H26N3.2C12H8N.C7H8N.6CH3.2Ti.Zr/c1-25(2)31-21-15-22-32(26(3)4)35(31)39(29-17-11-9-12-18-29)37(38)40(30-19-13-10-14-20-30)36-33(27(5)6)23-16-24-34(36)28(7)8;1-19(2)23-17-12-18-24(20(3)4)25(23)29(22-15-10-7-11-16-22)26(27)28(5)21-13-8-6-9-14-21;1-11(2)13-9-8-10-14(12(3)4)15(13)19(7)16(17)18(5)6;2*1-3-7-11-9(5-1)10-6-2-4-8-12(10)13-11;1-8-7-5-3-2-4-6-7;;;;;;;;;/h9-28H,1-8H3;6-20H,1-5H3;8-12H,1-7H3;2*1-8H;2-6H,1H3;6*1H3;;;/q12*-1;3*+4. The van der Waals surface area contributed by atoms with E-state index in [9.17, 15) is 16.2 Å². The maximum Gasteiger partial charge on any atom is 4.00 e. The van der Waals surface area contributed by atoms with E-state index in [1.807, 2.05) is 195 Å². The van der Waals surface area contributed by atoms with E-state index >= 15 is 0 Å². The summed E-state index contributed by atoms with van der Waals surface area (Å²) >= 11 is 0. The molecule has 13 aromatic carbocycles. The van der Waals surface area contributed by atoms with Crippen molar-refractivity contribution in [2.24, 2.45) is 0 Å². The predicted molar refractivity (Wildman–Crippen MR) is 570 cm³/mol. The van der Waals surface area contributed by atoms with Crippen molar-refractivity contribution in [3.8, 4) is 0 Å². The number of rotatable bonds is 17. The molecule has 0 fully saturated rings. The van der Waals surface area contributed by atoms with Crippen LogP contribution in [0.1, 0.15) is 203 Å². The van der Waals surface area contributed by atoms with E-state index in [2.05, 4.69) is 306 Å². The molecule has 15 aromatic rings. The van der Waals surface area contributed by atoms with E-state index in [0.29, 0.717) is 23.7 Å². The van der Waals surface area contributed by atoms with E-state index in [-0.39, 0.29) is 156 Å². The first-order valence-corrected chi connectivity index (χ1v) is 43.0. The minimum absolute atomic E-state index is 0. The van der Waals surface area contributed by atoms with Crippen molar-refractivity contribution in [2.75, 3.05) is 59.7 Å². The summed E-state index contributed by atoms with van der Waals surface area (Å²) in [5.74, 6) is 3.18. The molecule has 2 aromatic heterocycles. The molecule has 0 amide bonds. The fourth-order valence-corrected chi connectivity index (χ4v) is 15.4. The van der Waals surface area contributed by atoms with Gasteiger partial charge in [0.2, 0.25) is 0 Å². The van der Waals surface area contributed by atoms with E-state index in [1.54, 1.807) is 11.9 Å². The van der Waals surface area contributed by atoms with E-state index in [0.717, 1.165) is 73.3 Å². The smallest absolute Gasteiger partial charge is 0.687 e. The number of hydrogen-bond donors (Lipinski definition) is 0. The second-order valence-corrected chi connectivity index (χ2v) is 33.5. The van der Waals surface area contributed by atoms with Gasteiger partial charge in [0.15, 0.2) is 0 Å². The van der Waals surface area contributed by atoms with Crippen LogP contribution in [0.4, 0.5) is 51.2 Å². The van der Waals surface area contributed by atoms with Crippen LogP contribution in [0.25, 0.3) is 65.2 Å². The van der Waals surface area contributed by atoms with Crippen LogP contribution < -0.4 is 34.5 Å². The van der Waals surface area contributed by atoms with Crippen LogP contribution in [0.2, 0.25) is 0 Å². The summed E-state index contributed by atoms with van der Waals surface area (Å²) in [6, 6.07) is 109. The van der Waals surface area contributed by atoms with Crippen LogP contribution in [0.15, 0.2) is 322 Å². The predicted octanol–water partition coefficient (Wildman–Crippen LogP) is 33.0. The second-order valence-electron chi connectivity index (χ2n) is 33.5. The second kappa shape index (κ2) is 57.0. The molecule has 0 spiro atoms. The Morgan fingerprint density at radius 3 is 0.649 bits per heavy atom. The van der Waals surface area contributed by atoms with Crippen LogP contribution in [0, 0.1) is 44.6 Å². The molecule has 0 unspecified atom stereocenters. The number of nitrogens with zero attached hydrogens (tertiary/aromatic N) is 12. The Morgan fingerprint density at radius 2 is 0.435 bits per heavy atom. The summed E-state index contributed by atoms with van der Waals surface area (Å²) in [5, 5.41) is 43.5. The molecule has 0 N–H and O–H groups in total. The Balaban J connectivity index is 0.000000829. The van der Waals surface area contributed by atoms with Gasteiger partial charge in [-0.25, -0.2) is 0 Å². The maximum atomic E-state index is 12.8. The van der Waals surface area contributed by atoms with Gasteiger partial charge in [-0.05, 0) is 187 Å². The topological polar surface area (TPSA) is 129 Å². The number of anilines is 8. The van der Waals surface area contributed by atoms with Crippen molar-refractivity contribution in [1.82, 2.24) is 14.9 Å². The maximum absolute atomic E-state index is 12.8. The number of benzene rings is 13. The largest absolute Gasteiger partial charge is 4.00 e. The molecule has 0 bridgehead atoms. The van der Waals surface area contributed by atoms with Crippen molar-refractivity contribution in [1.29, 1.82) is 0 Å². The normalized spacial score (nSPS) is 10.3. The summed E-state index contributed by atoms with van der Waals surface area (Å²) in [6.07, 6.45) is 0. The van der Waals surface area contributed by atoms with Crippen molar-refractivity contribution in [3.63, 3.8) is 0 Å². The molecule has 0 aliphatic heterocycles. The van der Waals surface area contributed by atoms with Gasteiger partial charge in [-0.1, -0.05) is 432 Å². The van der Waals surface area contributed by atoms with Gasteiger partial charge in [-0.15, -0.1) is 34.8 Å². The van der Waals surface area contributed by atoms with Gasteiger partial charge >= 0.3 is 69.6 Å². The van der Waals surface area contributed by atoms with Crippen molar-refractivity contribution >= 4 is 113 Å². The van der Waals surface area contributed by atoms with Gasteiger partial charge in [0.1, 0.15) is 0 Å². The molecule has 0 radical (unpaired) electrons. The Labute approximate surface area is 840 Å². The average molecular weight is 1890 g/mol. The third-order valence-electron chi connectivity index (χ3n) is 21.9. The molecule has 15 rings (SSSR count). The molecule has 0 saturated heterocycles. The molecule has 2 heterocycles. The summed E-state index contributed by atoms with van der Waals surface area (Å²) in [4.78, 5) is 20.6. The molecule has 0 saturated carbocycles. The Hall–Kier alpha value is -10.6. The first-order chi connectivity index (χ1) is 58.6. The van der Waals surface area contributed by atoms with Crippen LogP contribution in [0.3, 0.4) is 0 Å². The quantitative estimate of drug-likeness (QED) is 0.0381. The minimum Gasteiger partial charge on any atom is -0.687 e. The van der Waals surface area contributed by atoms with Crippen molar-refractivity contribution < 1.29 is 69.6 Å². The molecule has 678 valence electrons. The Bertz CT molecular complexity index is 5430. The van der Waals surface area contributed by atoms with Gasteiger partial charge in [-0.3, -0.25) is 0 Å². The molecule has 12 nitrogen and oxygen atoms in total. The van der Waals surface area contributed by atoms with E-state index < -0.39 is 0 Å². The first kappa shape index (κ1) is 118. The van der Waals surface area contributed by atoms with Crippen molar-refractivity contribution in [3.05, 3.63) is 432 Å². The third-order valence-corrected chi connectivity index (χ3v) is 21.9. The monoisotopic (exact) mass is 1890 g/mol. The summed E-state index contributed by atoms with van der Waals surface area (Å²) < 4.78 is 0. The molecule has 0 aliphatic carbocycles. The molecular weight excluding hydrogens is 1750 g/mol. The fourth-order valence-electron chi connectivity index (χ4n) is 15.4. The van der Waals surface area contributed by atoms with Crippen LogP contribution >= 0.6 is 0 Å². The summed E-state index contributed by atoms with van der Waals surface area (Å²) in [7, 11) is 9.29. The van der Waals surface area contributed by atoms with Crippen LogP contribution in [-0.4, -0.2) is 58.0 Å². The summed E-state index contributed by atoms with van der Waals surface area (Å²) in [5.41, 5.74) is 23.1.